The Morgan fingerprint density at radius 2 is 2.11 bits per heavy atom. The van der Waals surface area contributed by atoms with Gasteiger partial charge in [0.05, 0.1) is 0 Å². The van der Waals surface area contributed by atoms with Gasteiger partial charge in [-0.3, -0.25) is 9.59 Å². The Bertz CT molecular complexity index is 863. The highest BCUT2D eigenvalue weighted by molar-refractivity contribution is 5.96. The van der Waals surface area contributed by atoms with E-state index in [4.69, 9.17) is 14.0 Å². The van der Waals surface area contributed by atoms with Crippen LogP contribution in [-0.2, 0) is 16.0 Å². The van der Waals surface area contributed by atoms with E-state index in [2.05, 4.69) is 10.5 Å². The number of rotatable bonds is 5. The second-order valence-electron chi connectivity index (χ2n) is 6.74. The van der Waals surface area contributed by atoms with Crippen LogP contribution in [-0.4, -0.2) is 41.3 Å². The zero-order valence-corrected chi connectivity index (χ0v) is 15.1. The predicted octanol–water partition coefficient (Wildman–Crippen LogP) is 2.27. The Labute approximate surface area is 156 Å². The smallest absolute Gasteiger partial charge is 0.248 e. The van der Waals surface area contributed by atoms with E-state index in [1.807, 2.05) is 18.2 Å². The average molecular weight is 371 g/mol. The molecule has 1 saturated heterocycles. The molecule has 8 heteroatoms. The van der Waals surface area contributed by atoms with Crippen LogP contribution in [0.3, 0.4) is 0 Å². The number of hydrogen-bond donors (Lipinski definition) is 1. The lowest BCUT2D eigenvalue weighted by Gasteiger charge is -2.23. The van der Waals surface area contributed by atoms with Crippen molar-refractivity contribution in [2.75, 3.05) is 18.7 Å². The minimum absolute atomic E-state index is 0.0262. The van der Waals surface area contributed by atoms with Gasteiger partial charge in [0.2, 0.25) is 18.6 Å². The number of likely N-dealkylation sites (tertiary alicyclic amines) is 1. The molecule has 0 bridgehead atoms. The van der Waals surface area contributed by atoms with E-state index in [-0.39, 0.29) is 18.6 Å². The van der Waals surface area contributed by atoms with Crippen LogP contribution >= 0.6 is 0 Å². The fraction of sp³-hybridized carbons (Fsp3) is 0.421. The monoisotopic (exact) mass is 371 g/mol. The van der Waals surface area contributed by atoms with E-state index in [9.17, 15) is 9.59 Å². The molecule has 0 saturated carbocycles. The molecular formula is C19H21N3O5. The molecule has 1 unspecified atom stereocenters. The van der Waals surface area contributed by atoms with E-state index >= 15 is 0 Å². The van der Waals surface area contributed by atoms with E-state index in [0.29, 0.717) is 43.1 Å². The number of anilines is 1. The molecule has 2 aliphatic rings. The molecule has 1 N–H and O–H groups in total. The molecule has 1 atom stereocenters. The van der Waals surface area contributed by atoms with Crippen molar-refractivity contribution < 1.29 is 23.6 Å². The van der Waals surface area contributed by atoms with Crippen LogP contribution in [0.2, 0.25) is 0 Å². The third kappa shape index (κ3) is 3.74. The van der Waals surface area contributed by atoms with Gasteiger partial charge in [0.15, 0.2) is 17.3 Å². The largest absolute Gasteiger partial charge is 0.454 e. The first kappa shape index (κ1) is 17.4. The van der Waals surface area contributed by atoms with Crippen molar-refractivity contribution >= 4 is 17.6 Å². The number of nitrogens with zero attached hydrogens (tertiary/aromatic N) is 2. The SMILES string of the molecule is Cc1cc(NC(=O)C2CCCN2C(=O)CCc2ccc3c(c2)OCO3)no1. The third-order valence-electron chi connectivity index (χ3n) is 4.82. The molecule has 2 aromatic rings. The van der Waals surface area contributed by atoms with Gasteiger partial charge in [-0.1, -0.05) is 11.2 Å². The number of fused-ring (bicyclic) bond motifs is 1. The first-order valence-corrected chi connectivity index (χ1v) is 9.02. The van der Waals surface area contributed by atoms with Gasteiger partial charge in [-0.25, -0.2) is 0 Å². The number of aryl methyl sites for hydroxylation is 2. The number of nitrogens with one attached hydrogen (secondary N) is 1. The summed E-state index contributed by atoms with van der Waals surface area (Å²) in [6.45, 7) is 2.58. The molecule has 0 aliphatic carbocycles. The van der Waals surface area contributed by atoms with Gasteiger partial charge in [-0.05, 0) is 43.9 Å². The summed E-state index contributed by atoms with van der Waals surface area (Å²) in [6, 6.07) is 6.87. The van der Waals surface area contributed by atoms with Crippen LogP contribution in [0, 0.1) is 6.92 Å². The molecule has 4 rings (SSSR count). The van der Waals surface area contributed by atoms with Gasteiger partial charge in [0.25, 0.3) is 0 Å². The summed E-state index contributed by atoms with van der Waals surface area (Å²) >= 11 is 0. The highest BCUT2D eigenvalue weighted by atomic mass is 16.7. The summed E-state index contributed by atoms with van der Waals surface area (Å²) in [5, 5.41) is 6.49. The lowest BCUT2D eigenvalue weighted by molar-refractivity contribution is -0.136. The minimum atomic E-state index is -0.466. The predicted molar refractivity (Wildman–Crippen MR) is 95.5 cm³/mol. The summed E-state index contributed by atoms with van der Waals surface area (Å²) in [7, 11) is 0. The van der Waals surface area contributed by atoms with E-state index in [1.165, 1.54) is 0 Å². The minimum Gasteiger partial charge on any atom is -0.454 e. The molecule has 27 heavy (non-hydrogen) atoms. The Hall–Kier alpha value is -3.03. The summed E-state index contributed by atoms with van der Waals surface area (Å²) in [4.78, 5) is 26.9. The third-order valence-corrected chi connectivity index (χ3v) is 4.82. The van der Waals surface area contributed by atoms with Crippen LogP contribution in [0.25, 0.3) is 0 Å². The maximum atomic E-state index is 12.7. The number of carbonyl (C=O) groups excluding carboxylic acids is 2. The zero-order valence-electron chi connectivity index (χ0n) is 15.1. The Morgan fingerprint density at radius 3 is 2.93 bits per heavy atom. The number of ether oxygens (including phenoxy) is 2. The molecule has 2 amide bonds. The van der Waals surface area contributed by atoms with Crippen molar-refractivity contribution in [2.45, 2.75) is 38.6 Å². The zero-order chi connectivity index (χ0) is 18.8. The molecule has 3 heterocycles. The van der Waals surface area contributed by atoms with Crippen molar-refractivity contribution in [3.63, 3.8) is 0 Å². The van der Waals surface area contributed by atoms with Gasteiger partial charge in [-0.2, -0.15) is 0 Å². The molecule has 1 aromatic heterocycles. The van der Waals surface area contributed by atoms with Gasteiger partial charge >= 0.3 is 0 Å². The van der Waals surface area contributed by atoms with E-state index in [1.54, 1.807) is 17.9 Å². The normalized spacial score (nSPS) is 18.0. The molecule has 142 valence electrons. The van der Waals surface area contributed by atoms with Crippen LogP contribution < -0.4 is 14.8 Å². The summed E-state index contributed by atoms with van der Waals surface area (Å²) in [5.41, 5.74) is 1.01. The first-order chi connectivity index (χ1) is 13.1. The Balaban J connectivity index is 1.35. The maximum absolute atomic E-state index is 12.7. The van der Waals surface area contributed by atoms with Crippen LogP contribution in [0.5, 0.6) is 11.5 Å². The number of aromatic nitrogens is 1. The molecular weight excluding hydrogens is 350 g/mol. The van der Waals surface area contributed by atoms with E-state index in [0.717, 1.165) is 17.7 Å². The topological polar surface area (TPSA) is 93.9 Å². The lowest BCUT2D eigenvalue weighted by Crippen LogP contribution is -2.43. The summed E-state index contributed by atoms with van der Waals surface area (Å²) < 4.78 is 15.6. The van der Waals surface area contributed by atoms with Gasteiger partial charge in [0, 0.05) is 19.0 Å². The number of amides is 2. The van der Waals surface area contributed by atoms with Gasteiger partial charge in [0.1, 0.15) is 11.8 Å². The number of carbonyl (C=O) groups is 2. The lowest BCUT2D eigenvalue weighted by atomic mass is 10.1. The van der Waals surface area contributed by atoms with Crippen LogP contribution in [0.1, 0.15) is 30.6 Å². The van der Waals surface area contributed by atoms with Gasteiger partial charge < -0.3 is 24.2 Å². The van der Waals surface area contributed by atoms with Crippen LogP contribution in [0.15, 0.2) is 28.8 Å². The fourth-order valence-corrected chi connectivity index (χ4v) is 3.46. The van der Waals surface area contributed by atoms with Crippen molar-refractivity contribution in [3.8, 4) is 11.5 Å². The van der Waals surface area contributed by atoms with E-state index < -0.39 is 6.04 Å². The summed E-state index contributed by atoms with van der Waals surface area (Å²) in [5.74, 6) is 2.18. The van der Waals surface area contributed by atoms with Crippen molar-refractivity contribution in [1.29, 1.82) is 0 Å². The number of hydrogen-bond acceptors (Lipinski definition) is 6. The maximum Gasteiger partial charge on any atom is 0.248 e. The highest BCUT2D eigenvalue weighted by Crippen LogP contribution is 2.33. The molecule has 1 fully saturated rings. The molecule has 1 aromatic carbocycles. The van der Waals surface area contributed by atoms with Crippen LogP contribution in [0.4, 0.5) is 5.82 Å². The second kappa shape index (κ2) is 7.30. The molecule has 0 spiro atoms. The Morgan fingerprint density at radius 1 is 1.26 bits per heavy atom. The Kier molecular flexibility index (Phi) is 4.70. The standard InChI is InChI=1S/C19H21N3O5/c1-12-9-17(21-27-12)20-19(24)14-3-2-8-22(14)18(23)7-5-13-4-6-15-16(10-13)26-11-25-15/h4,6,9-10,14H,2-3,5,7-8,11H2,1H3,(H,20,21,24). The van der Waals surface area contributed by atoms with Gasteiger partial charge in [-0.15, -0.1) is 0 Å². The quantitative estimate of drug-likeness (QED) is 0.867. The first-order valence-electron chi connectivity index (χ1n) is 9.02. The second-order valence-corrected chi connectivity index (χ2v) is 6.74. The van der Waals surface area contributed by atoms with Crippen molar-refractivity contribution in [1.82, 2.24) is 10.1 Å². The van der Waals surface area contributed by atoms with Crippen molar-refractivity contribution in [3.05, 3.63) is 35.6 Å². The fourth-order valence-electron chi connectivity index (χ4n) is 3.46. The highest BCUT2D eigenvalue weighted by Gasteiger charge is 2.34. The average Bonchev–Trinajstić information content (AvgIpc) is 3.39. The molecule has 2 aliphatic heterocycles. The summed E-state index contributed by atoms with van der Waals surface area (Å²) in [6.07, 6.45) is 2.39. The number of benzene rings is 1. The van der Waals surface area contributed by atoms with Crippen molar-refractivity contribution in [2.24, 2.45) is 0 Å². The molecule has 8 nitrogen and oxygen atoms in total. The molecule has 0 radical (unpaired) electrons.